The SMILES string of the molecule is CCP(=O)(NC(=O)C(C)C)SC. The second-order valence-corrected chi connectivity index (χ2v) is 8.24. The molecule has 3 nitrogen and oxygen atoms in total. The summed E-state index contributed by atoms with van der Waals surface area (Å²) in [6.07, 6.45) is 2.26. The van der Waals surface area contributed by atoms with Crippen molar-refractivity contribution in [1.82, 2.24) is 5.09 Å². The van der Waals surface area contributed by atoms with Gasteiger partial charge in [-0.25, -0.2) is 0 Å². The molecular weight excluding hydrogens is 193 g/mol. The van der Waals surface area contributed by atoms with Gasteiger partial charge in [0, 0.05) is 12.1 Å². The number of rotatable bonds is 4. The van der Waals surface area contributed by atoms with E-state index in [9.17, 15) is 9.36 Å². The third-order valence-electron chi connectivity index (χ3n) is 1.52. The minimum Gasteiger partial charge on any atom is -0.299 e. The molecule has 0 aliphatic heterocycles. The lowest BCUT2D eigenvalue weighted by atomic mass is 10.2. The van der Waals surface area contributed by atoms with Crippen molar-refractivity contribution >= 4 is 23.8 Å². The summed E-state index contributed by atoms with van der Waals surface area (Å²) in [4.78, 5) is 11.2. The first-order valence-electron chi connectivity index (χ1n) is 3.92. The molecule has 0 aliphatic rings. The molecular formula is C7H16NO2PS. The van der Waals surface area contributed by atoms with Gasteiger partial charge in [-0.2, -0.15) is 0 Å². The Morgan fingerprint density at radius 2 is 2.08 bits per heavy atom. The van der Waals surface area contributed by atoms with Gasteiger partial charge in [0.05, 0.1) is 0 Å². The molecule has 72 valence electrons. The van der Waals surface area contributed by atoms with Gasteiger partial charge in [0.2, 0.25) is 12.4 Å². The summed E-state index contributed by atoms with van der Waals surface area (Å²) in [6.45, 7) is 2.92. The predicted molar refractivity (Wildman–Crippen MR) is 54.6 cm³/mol. The van der Waals surface area contributed by atoms with Gasteiger partial charge >= 0.3 is 0 Å². The minimum atomic E-state index is -2.47. The van der Waals surface area contributed by atoms with Crippen LogP contribution in [-0.4, -0.2) is 18.3 Å². The normalized spacial score (nSPS) is 15.8. The van der Waals surface area contributed by atoms with E-state index in [2.05, 4.69) is 5.09 Å². The first-order chi connectivity index (χ1) is 5.45. The topological polar surface area (TPSA) is 46.2 Å². The number of carbonyl (C=O) groups excluding carboxylic acids is 1. The van der Waals surface area contributed by atoms with Gasteiger partial charge in [0.15, 0.2) is 0 Å². The molecule has 1 amide bonds. The van der Waals surface area contributed by atoms with Gasteiger partial charge in [-0.05, 0) is 6.26 Å². The van der Waals surface area contributed by atoms with Gasteiger partial charge in [-0.1, -0.05) is 32.2 Å². The molecule has 0 rings (SSSR count). The molecule has 0 aromatic carbocycles. The number of carbonyl (C=O) groups is 1. The second kappa shape index (κ2) is 4.93. The van der Waals surface area contributed by atoms with Crippen LogP contribution < -0.4 is 5.09 Å². The number of amides is 1. The van der Waals surface area contributed by atoms with Crippen molar-refractivity contribution < 1.29 is 9.36 Å². The van der Waals surface area contributed by atoms with Crippen LogP contribution >= 0.6 is 17.9 Å². The molecule has 0 saturated heterocycles. The Morgan fingerprint density at radius 3 is 2.33 bits per heavy atom. The fourth-order valence-electron chi connectivity index (χ4n) is 0.551. The van der Waals surface area contributed by atoms with Gasteiger partial charge in [-0.3, -0.25) is 14.4 Å². The Hall–Kier alpha value is 0.0500. The van der Waals surface area contributed by atoms with Crippen molar-refractivity contribution in [3.05, 3.63) is 0 Å². The maximum atomic E-state index is 11.7. The average Bonchev–Trinajstić information content (AvgIpc) is 2.04. The van der Waals surface area contributed by atoms with E-state index in [1.54, 1.807) is 20.1 Å². The van der Waals surface area contributed by atoms with Crippen molar-refractivity contribution in [3.63, 3.8) is 0 Å². The Bertz CT molecular complexity index is 198. The molecule has 12 heavy (non-hydrogen) atoms. The summed E-state index contributed by atoms with van der Waals surface area (Å²) >= 11 is 1.24. The lowest BCUT2D eigenvalue weighted by molar-refractivity contribution is -0.122. The van der Waals surface area contributed by atoms with E-state index in [1.807, 2.05) is 6.92 Å². The zero-order valence-electron chi connectivity index (χ0n) is 7.96. The van der Waals surface area contributed by atoms with Crippen molar-refractivity contribution in [3.8, 4) is 0 Å². The van der Waals surface area contributed by atoms with Gasteiger partial charge in [0.25, 0.3) is 0 Å². The standard InChI is InChI=1S/C7H16NO2PS/c1-5-11(10,12-4)8-7(9)6(2)3/h6H,5H2,1-4H3,(H,8,9,10). The number of hydrogen-bond acceptors (Lipinski definition) is 3. The molecule has 0 radical (unpaired) electrons. The second-order valence-electron chi connectivity index (χ2n) is 2.80. The third-order valence-corrected chi connectivity index (χ3v) is 6.32. The van der Waals surface area contributed by atoms with Crippen LogP contribution in [0.5, 0.6) is 0 Å². The largest absolute Gasteiger partial charge is 0.299 e. The zero-order chi connectivity index (χ0) is 9.78. The molecule has 1 atom stereocenters. The molecule has 0 heterocycles. The molecule has 0 bridgehead atoms. The van der Waals surface area contributed by atoms with Crippen LogP contribution in [0.2, 0.25) is 0 Å². The smallest absolute Gasteiger partial charge is 0.228 e. The highest BCUT2D eigenvalue weighted by Gasteiger charge is 2.21. The Labute approximate surface area is 77.9 Å². The highest BCUT2D eigenvalue weighted by atomic mass is 32.7. The van der Waals surface area contributed by atoms with Crippen LogP contribution in [0.25, 0.3) is 0 Å². The molecule has 1 unspecified atom stereocenters. The lowest BCUT2D eigenvalue weighted by Crippen LogP contribution is -2.24. The lowest BCUT2D eigenvalue weighted by Gasteiger charge is -2.16. The summed E-state index contributed by atoms with van der Waals surface area (Å²) in [5.74, 6) is -0.230. The van der Waals surface area contributed by atoms with E-state index in [0.717, 1.165) is 0 Å². The van der Waals surface area contributed by atoms with Gasteiger partial charge < -0.3 is 0 Å². The minimum absolute atomic E-state index is 0.1000. The fourth-order valence-corrected chi connectivity index (χ4v) is 2.97. The van der Waals surface area contributed by atoms with Crippen molar-refractivity contribution in [2.45, 2.75) is 20.8 Å². The molecule has 0 aromatic heterocycles. The Balaban J connectivity index is 4.23. The monoisotopic (exact) mass is 209 g/mol. The summed E-state index contributed by atoms with van der Waals surface area (Å²) in [7, 11) is 0. The summed E-state index contributed by atoms with van der Waals surface area (Å²) in [5.41, 5.74) is 0. The fraction of sp³-hybridized carbons (Fsp3) is 0.857. The molecule has 0 aliphatic carbocycles. The van der Waals surface area contributed by atoms with Crippen molar-refractivity contribution in [2.75, 3.05) is 12.4 Å². The van der Waals surface area contributed by atoms with Crippen molar-refractivity contribution in [2.24, 2.45) is 5.92 Å². The van der Waals surface area contributed by atoms with Crippen LogP contribution in [0.1, 0.15) is 20.8 Å². The quantitative estimate of drug-likeness (QED) is 0.723. The van der Waals surface area contributed by atoms with E-state index >= 15 is 0 Å². The molecule has 0 spiro atoms. The first kappa shape index (κ1) is 12.0. The maximum Gasteiger partial charge on any atom is 0.228 e. The van der Waals surface area contributed by atoms with Crippen LogP contribution in [-0.2, 0) is 9.36 Å². The summed E-state index contributed by atoms with van der Waals surface area (Å²) in [5, 5.41) is 2.57. The maximum absolute atomic E-state index is 11.7. The van der Waals surface area contributed by atoms with E-state index in [4.69, 9.17) is 0 Å². The highest BCUT2D eigenvalue weighted by molar-refractivity contribution is 8.57. The van der Waals surface area contributed by atoms with Crippen molar-refractivity contribution in [1.29, 1.82) is 0 Å². The number of hydrogen-bond donors (Lipinski definition) is 1. The zero-order valence-corrected chi connectivity index (χ0v) is 9.67. The number of nitrogens with one attached hydrogen (secondary N) is 1. The van der Waals surface area contributed by atoms with Gasteiger partial charge in [-0.15, -0.1) is 0 Å². The third kappa shape index (κ3) is 3.63. The van der Waals surface area contributed by atoms with E-state index in [0.29, 0.717) is 6.16 Å². The summed E-state index contributed by atoms with van der Waals surface area (Å²) in [6, 6.07) is 0. The molecule has 0 fully saturated rings. The van der Waals surface area contributed by atoms with Crippen LogP contribution in [0.4, 0.5) is 0 Å². The van der Waals surface area contributed by atoms with Crippen LogP contribution in [0.3, 0.4) is 0 Å². The molecule has 0 aromatic rings. The first-order valence-corrected chi connectivity index (χ1v) is 7.64. The molecule has 1 N–H and O–H groups in total. The predicted octanol–water partition coefficient (Wildman–Crippen LogP) is 2.33. The van der Waals surface area contributed by atoms with Crippen LogP contribution in [0.15, 0.2) is 0 Å². The Morgan fingerprint density at radius 1 is 1.58 bits per heavy atom. The average molecular weight is 209 g/mol. The van der Waals surface area contributed by atoms with Crippen LogP contribution in [0, 0.1) is 5.92 Å². The van der Waals surface area contributed by atoms with E-state index in [1.165, 1.54) is 11.4 Å². The van der Waals surface area contributed by atoms with E-state index in [-0.39, 0.29) is 11.8 Å². The Kier molecular flexibility index (Phi) is 4.95. The summed E-state index contributed by atoms with van der Waals surface area (Å²) < 4.78 is 11.7. The van der Waals surface area contributed by atoms with E-state index < -0.39 is 6.49 Å². The van der Waals surface area contributed by atoms with Gasteiger partial charge in [0.1, 0.15) is 0 Å². The molecule has 5 heteroatoms. The highest BCUT2D eigenvalue weighted by Crippen LogP contribution is 2.52. The molecule has 0 saturated carbocycles.